The summed E-state index contributed by atoms with van der Waals surface area (Å²) in [4.78, 5) is 18.2. The van der Waals surface area contributed by atoms with Gasteiger partial charge in [0.1, 0.15) is 12.1 Å². The van der Waals surface area contributed by atoms with Gasteiger partial charge >= 0.3 is 0 Å². The van der Waals surface area contributed by atoms with Crippen LogP contribution in [0.2, 0.25) is 0 Å². The second-order valence-corrected chi connectivity index (χ2v) is 6.65. The van der Waals surface area contributed by atoms with Crippen molar-refractivity contribution in [2.24, 2.45) is 0 Å². The number of anilines is 1. The highest BCUT2D eigenvalue weighted by atomic mass is 15.3. The zero-order valence-corrected chi connectivity index (χ0v) is 13.6. The van der Waals surface area contributed by atoms with Crippen molar-refractivity contribution in [3.05, 3.63) is 48.2 Å². The first-order valence-corrected chi connectivity index (χ1v) is 8.48. The predicted molar refractivity (Wildman–Crippen MR) is 90.2 cm³/mol. The standard InChI is InChI=1S/C18H23N5/c1-14-3-2-8-20-17(14)12-22-10-7-16(11-22)23(15-4-5-15)18-6-9-19-13-21-18/h2-3,6,8-9,13,15-16H,4-5,7,10-12H2,1H3. The van der Waals surface area contributed by atoms with Crippen LogP contribution in [0.25, 0.3) is 0 Å². The molecule has 2 aromatic heterocycles. The van der Waals surface area contributed by atoms with Crippen LogP contribution in [0.4, 0.5) is 5.82 Å². The summed E-state index contributed by atoms with van der Waals surface area (Å²) < 4.78 is 0. The fourth-order valence-electron chi connectivity index (χ4n) is 3.54. The maximum Gasteiger partial charge on any atom is 0.132 e. The van der Waals surface area contributed by atoms with E-state index in [2.05, 4.69) is 37.7 Å². The smallest absolute Gasteiger partial charge is 0.132 e. The van der Waals surface area contributed by atoms with Gasteiger partial charge in [0.25, 0.3) is 0 Å². The van der Waals surface area contributed by atoms with Gasteiger partial charge in [0, 0.05) is 44.1 Å². The molecule has 5 nitrogen and oxygen atoms in total. The van der Waals surface area contributed by atoms with Gasteiger partial charge < -0.3 is 4.90 Å². The van der Waals surface area contributed by atoms with Crippen molar-refractivity contribution >= 4 is 5.82 Å². The number of aromatic nitrogens is 3. The molecule has 2 aliphatic rings. The maximum atomic E-state index is 4.54. The van der Waals surface area contributed by atoms with Crippen molar-refractivity contribution < 1.29 is 0 Å². The van der Waals surface area contributed by atoms with Crippen LogP contribution in [0.1, 0.15) is 30.5 Å². The minimum atomic E-state index is 0.557. The quantitative estimate of drug-likeness (QED) is 0.849. The molecule has 1 unspecified atom stereocenters. The van der Waals surface area contributed by atoms with E-state index in [1.54, 1.807) is 6.33 Å². The largest absolute Gasteiger partial charge is 0.349 e. The van der Waals surface area contributed by atoms with Crippen LogP contribution in [-0.4, -0.2) is 45.0 Å². The van der Waals surface area contributed by atoms with Crippen LogP contribution < -0.4 is 4.90 Å². The summed E-state index contributed by atoms with van der Waals surface area (Å²) >= 11 is 0. The molecule has 2 fully saturated rings. The molecule has 5 heteroatoms. The van der Waals surface area contributed by atoms with Crippen molar-refractivity contribution in [1.82, 2.24) is 19.9 Å². The summed E-state index contributed by atoms with van der Waals surface area (Å²) in [5.41, 5.74) is 2.49. The van der Waals surface area contributed by atoms with Crippen molar-refractivity contribution in [1.29, 1.82) is 0 Å². The van der Waals surface area contributed by atoms with Gasteiger partial charge in [-0.05, 0) is 43.9 Å². The molecular formula is C18H23N5. The molecule has 0 radical (unpaired) electrons. The fraction of sp³-hybridized carbons (Fsp3) is 0.500. The van der Waals surface area contributed by atoms with E-state index in [4.69, 9.17) is 0 Å². The first kappa shape index (κ1) is 14.6. The Balaban J connectivity index is 1.46. The second-order valence-electron chi connectivity index (χ2n) is 6.65. The van der Waals surface area contributed by atoms with Gasteiger partial charge in [0.15, 0.2) is 0 Å². The molecule has 0 spiro atoms. The monoisotopic (exact) mass is 309 g/mol. The number of hydrogen-bond donors (Lipinski definition) is 0. The zero-order valence-electron chi connectivity index (χ0n) is 13.6. The SMILES string of the molecule is Cc1cccnc1CN1CCC(N(c2ccncn2)C2CC2)C1. The van der Waals surface area contributed by atoms with Crippen molar-refractivity contribution in [3.8, 4) is 0 Å². The summed E-state index contributed by atoms with van der Waals surface area (Å²) in [7, 11) is 0. The number of likely N-dealkylation sites (tertiary alicyclic amines) is 1. The molecule has 1 saturated heterocycles. The summed E-state index contributed by atoms with van der Waals surface area (Å²) in [6.45, 7) is 5.32. The Morgan fingerprint density at radius 1 is 1.13 bits per heavy atom. The Kier molecular flexibility index (Phi) is 3.95. The molecule has 1 aliphatic heterocycles. The number of nitrogens with zero attached hydrogens (tertiary/aromatic N) is 5. The topological polar surface area (TPSA) is 45.2 Å². The summed E-state index contributed by atoms with van der Waals surface area (Å²) in [6.07, 6.45) is 9.19. The molecule has 3 heterocycles. The lowest BCUT2D eigenvalue weighted by atomic mass is 10.2. The highest BCUT2D eigenvalue weighted by molar-refractivity contribution is 5.42. The van der Waals surface area contributed by atoms with Crippen LogP contribution in [-0.2, 0) is 6.54 Å². The lowest BCUT2D eigenvalue weighted by molar-refractivity contribution is 0.320. The number of aryl methyl sites for hydroxylation is 1. The summed E-state index contributed by atoms with van der Waals surface area (Å²) in [6, 6.07) is 7.43. The van der Waals surface area contributed by atoms with Gasteiger partial charge in [-0.15, -0.1) is 0 Å². The van der Waals surface area contributed by atoms with Crippen LogP contribution in [0, 0.1) is 6.92 Å². The first-order chi connectivity index (χ1) is 11.3. The first-order valence-electron chi connectivity index (χ1n) is 8.48. The molecule has 0 aromatic carbocycles. The molecule has 1 saturated carbocycles. The van der Waals surface area contributed by atoms with Crippen LogP contribution in [0.3, 0.4) is 0 Å². The van der Waals surface area contributed by atoms with E-state index < -0.39 is 0 Å². The van der Waals surface area contributed by atoms with E-state index in [1.165, 1.54) is 30.5 Å². The van der Waals surface area contributed by atoms with Gasteiger partial charge in [-0.25, -0.2) is 9.97 Å². The summed E-state index contributed by atoms with van der Waals surface area (Å²) in [5.74, 6) is 1.09. The molecule has 23 heavy (non-hydrogen) atoms. The van der Waals surface area contributed by atoms with Gasteiger partial charge in [-0.3, -0.25) is 9.88 Å². The third-order valence-electron chi connectivity index (χ3n) is 4.90. The predicted octanol–water partition coefficient (Wildman–Crippen LogP) is 2.42. The third kappa shape index (κ3) is 3.20. The van der Waals surface area contributed by atoms with E-state index in [0.717, 1.165) is 25.5 Å². The van der Waals surface area contributed by atoms with Crippen LogP contribution in [0.15, 0.2) is 36.9 Å². The van der Waals surface area contributed by atoms with E-state index >= 15 is 0 Å². The number of hydrogen-bond acceptors (Lipinski definition) is 5. The van der Waals surface area contributed by atoms with E-state index in [1.807, 2.05) is 24.5 Å². The number of pyridine rings is 1. The third-order valence-corrected chi connectivity index (χ3v) is 4.90. The lowest BCUT2D eigenvalue weighted by Gasteiger charge is -2.30. The van der Waals surface area contributed by atoms with Gasteiger partial charge in [0.05, 0.1) is 5.69 Å². The molecule has 1 aliphatic carbocycles. The number of rotatable bonds is 5. The summed E-state index contributed by atoms with van der Waals surface area (Å²) in [5, 5.41) is 0. The van der Waals surface area contributed by atoms with E-state index in [-0.39, 0.29) is 0 Å². The van der Waals surface area contributed by atoms with Crippen molar-refractivity contribution in [3.63, 3.8) is 0 Å². The maximum absolute atomic E-state index is 4.54. The molecule has 0 amide bonds. The molecule has 120 valence electrons. The van der Waals surface area contributed by atoms with Gasteiger partial charge in [0.2, 0.25) is 0 Å². The van der Waals surface area contributed by atoms with Crippen molar-refractivity contribution in [2.45, 2.75) is 44.8 Å². The van der Waals surface area contributed by atoms with Gasteiger partial charge in [-0.2, -0.15) is 0 Å². The van der Waals surface area contributed by atoms with Crippen LogP contribution >= 0.6 is 0 Å². The second kappa shape index (κ2) is 6.24. The highest BCUT2D eigenvalue weighted by Crippen LogP contribution is 2.34. The van der Waals surface area contributed by atoms with Crippen molar-refractivity contribution in [2.75, 3.05) is 18.0 Å². The van der Waals surface area contributed by atoms with E-state index in [0.29, 0.717) is 12.1 Å². The molecular weight excluding hydrogens is 286 g/mol. The highest BCUT2D eigenvalue weighted by Gasteiger charge is 2.38. The Morgan fingerprint density at radius 3 is 2.78 bits per heavy atom. The van der Waals surface area contributed by atoms with Gasteiger partial charge in [-0.1, -0.05) is 6.07 Å². The molecule has 4 rings (SSSR count). The molecule has 0 bridgehead atoms. The molecule has 0 N–H and O–H groups in total. The van der Waals surface area contributed by atoms with Crippen LogP contribution in [0.5, 0.6) is 0 Å². The minimum Gasteiger partial charge on any atom is -0.349 e. The Hall–Kier alpha value is -2.01. The lowest BCUT2D eigenvalue weighted by Crippen LogP contribution is -2.39. The average molecular weight is 309 g/mol. The zero-order chi connectivity index (χ0) is 15.6. The Labute approximate surface area is 137 Å². The average Bonchev–Trinajstić information content (AvgIpc) is 3.30. The normalized spacial score (nSPS) is 21.5. The van der Waals surface area contributed by atoms with E-state index in [9.17, 15) is 0 Å². The molecule has 2 aromatic rings. The molecule has 1 atom stereocenters. The fourth-order valence-corrected chi connectivity index (χ4v) is 3.54. The Morgan fingerprint density at radius 2 is 2.04 bits per heavy atom. The minimum absolute atomic E-state index is 0.557. The Bertz CT molecular complexity index is 655.